The minimum absolute atomic E-state index is 0.528. The highest BCUT2D eigenvalue weighted by Gasteiger charge is 2.35. The monoisotopic (exact) mass is 251 g/mol. The standard InChI is InChI=1S/C16H29NO/c1-2-16-14(8-9-18-16)11-17-15-5-3-4-13(10-15)12-6-7-12/h12-17H,2-11H2,1H3. The van der Waals surface area contributed by atoms with Gasteiger partial charge in [-0.15, -0.1) is 0 Å². The topological polar surface area (TPSA) is 21.3 Å². The van der Waals surface area contributed by atoms with Crippen LogP contribution < -0.4 is 5.32 Å². The zero-order chi connectivity index (χ0) is 12.4. The van der Waals surface area contributed by atoms with Gasteiger partial charge in [0.1, 0.15) is 0 Å². The largest absolute Gasteiger partial charge is 0.378 e. The second kappa shape index (κ2) is 5.92. The molecular formula is C16H29NO. The van der Waals surface area contributed by atoms with Gasteiger partial charge in [-0.05, 0) is 56.3 Å². The lowest BCUT2D eigenvalue weighted by Crippen LogP contribution is -2.39. The third-order valence-corrected chi connectivity index (χ3v) is 5.42. The summed E-state index contributed by atoms with van der Waals surface area (Å²) in [6, 6.07) is 0.808. The molecule has 1 aliphatic heterocycles. The zero-order valence-corrected chi connectivity index (χ0v) is 11.9. The third-order valence-electron chi connectivity index (χ3n) is 5.42. The van der Waals surface area contributed by atoms with Crippen LogP contribution >= 0.6 is 0 Å². The van der Waals surface area contributed by atoms with E-state index in [1.54, 1.807) is 0 Å². The molecule has 0 aromatic carbocycles. The lowest BCUT2D eigenvalue weighted by Gasteiger charge is -2.31. The Morgan fingerprint density at radius 3 is 2.72 bits per heavy atom. The first kappa shape index (κ1) is 12.9. The fourth-order valence-electron chi connectivity index (χ4n) is 4.10. The van der Waals surface area contributed by atoms with Crippen molar-refractivity contribution in [3.8, 4) is 0 Å². The van der Waals surface area contributed by atoms with E-state index in [-0.39, 0.29) is 0 Å². The van der Waals surface area contributed by atoms with E-state index in [0.717, 1.165) is 30.4 Å². The van der Waals surface area contributed by atoms with Crippen molar-refractivity contribution in [3.63, 3.8) is 0 Å². The van der Waals surface area contributed by atoms with Gasteiger partial charge in [0.25, 0.3) is 0 Å². The van der Waals surface area contributed by atoms with Crippen LogP contribution in [0.4, 0.5) is 0 Å². The molecule has 3 rings (SSSR count). The van der Waals surface area contributed by atoms with Crippen molar-refractivity contribution in [2.45, 2.75) is 70.4 Å². The van der Waals surface area contributed by atoms with Crippen LogP contribution in [0.2, 0.25) is 0 Å². The van der Waals surface area contributed by atoms with Gasteiger partial charge in [-0.25, -0.2) is 0 Å². The van der Waals surface area contributed by atoms with Gasteiger partial charge in [0, 0.05) is 19.2 Å². The fraction of sp³-hybridized carbons (Fsp3) is 1.00. The van der Waals surface area contributed by atoms with Gasteiger partial charge in [-0.3, -0.25) is 0 Å². The van der Waals surface area contributed by atoms with E-state index in [9.17, 15) is 0 Å². The van der Waals surface area contributed by atoms with Crippen LogP contribution in [0.5, 0.6) is 0 Å². The van der Waals surface area contributed by atoms with E-state index in [4.69, 9.17) is 4.74 Å². The summed E-state index contributed by atoms with van der Waals surface area (Å²) < 4.78 is 5.78. The predicted molar refractivity (Wildman–Crippen MR) is 74.6 cm³/mol. The molecule has 3 fully saturated rings. The van der Waals surface area contributed by atoms with Crippen LogP contribution in [-0.2, 0) is 4.74 Å². The minimum Gasteiger partial charge on any atom is -0.378 e. The number of hydrogen-bond donors (Lipinski definition) is 1. The Morgan fingerprint density at radius 2 is 1.94 bits per heavy atom. The van der Waals surface area contributed by atoms with Crippen LogP contribution in [-0.4, -0.2) is 25.3 Å². The molecule has 2 aliphatic carbocycles. The molecule has 2 saturated carbocycles. The van der Waals surface area contributed by atoms with Crippen LogP contribution in [0.1, 0.15) is 58.3 Å². The molecule has 0 spiro atoms. The fourth-order valence-corrected chi connectivity index (χ4v) is 4.10. The van der Waals surface area contributed by atoms with Crippen molar-refractivity contribution < 1.29 is 4.74 Å². The molecule has 1 N–H and O–H groups in total. The summed E-state index contributed by atoms with van der Waals surface area (Å²) >= 11 is 0. The lowest BCUT2D eigenvalue weighted by atomic mass is 9.82. The summed E-state index contributed by atoms with van der Waals surface area (Å²) in [7, 11) is 0. The molecule has 2 nitrogen and oxygen atoms in total. The first-order chi connectivity index (χ1) is 8.86. The van der Waals surface area contributed by atoms with Crippen LogP contribution in [0.3, 0.4) is 0 Å². The normalized spacial score (nSPS) is 41.2. The SMILES string of the molecule is CCC1OCCC1CNC1CCCC(C2CC2)C1. The van der Waals surface area contributed by atoms with Crippen LogP contribution in [0.15, 0.2) is 0 Å². The molecule has 0 bridgehead atoms. The summed E-state index contributed by atoms with van der Waals surface area (Å²) in [5, 5.41) is 3.86. The molecule has 0 radical (unpaired) electrons. The predicted octanol–water partition coefficient (Wildman–Crippen LogP) is 3.36. The maximum Gasteiger partial charge on any atom is 0.0613 e. The van der Waals surface area contributed by atoms with Crippen molar-refractivity contribution in [1.82, 2.24) is 5.32 Å². The minimum atomic E-state index is 0.528. The molecule has 3 aliphatic rings. The van der Waals surface area contributed by atoms with E-state index in [2.05, 4.69) is 12.2 Å². The molecule has 1 heterocycles. The smallest absolute Gasteiger partial charge is 0.0613 e. The molecule has 0 aromatic heterocycles. The lowest BCUT2D eigenvalue weighted by molar-refractivity contribution is 0.0857. The Balaban J connectivity index is 1.41. The van der Waals surface area contributed by atoms with Crippen molar-refractivity contribution >= 4 is 0 Å². The van der Waals surface area contributed by atoms with Crippen molar-refractivity contribution in [3.05, 3.63) is 0 Å². The molecule has 4 atom stereocenters. The molecule has 2 heteroatoms. The van der Waals surface area contributed by atoms with Gasteiger partial charge in [0.2, 0.25) is 0 Å². The van der Waals surface area contributed by atoms with Gasteiger partial charge in [-0.2, -0.15) is 0 Å². The van der Waals surface area contributed by atoms with Crippen LogP contribution in [0, 0.1) is 17.8 Å². The van der Waals surface area contributed by atoms with Gasteiger partial charge in [0.15, 0.2) is 0 Å². The maximum atomic E-state index is 5.78. The summed E-state index contributed by atoms with van der Waals surface area (Å²) in [6.07, 6.45) is 11.8. The van der Waals surface area contributed by atoms with E-state index in [1.165, 1.54) is 57.9 Å². The number of hydrogen-bond acceptors (Lipinski definition) is 2. The molecule has 0 amide bonds. The molecule has 1 saturated heterocycles. The van der Waals surface area contributed by atoms with Gasteiger partial charge < -0.3 is 10.1 Å². The van der Waals surface area contributed by atoms with E-state index >= 15 is 0 Å². The molecular weight excluding hydrogens is 222 g/mol. The maximum absolute atomic E-state index is 5.78. The molecule has 4 unspecified atom stereocenters. The quantitative estimate of drug-likeness (QED) is 0.809. The van der Waals surface area contributed by atoms with Gasteiger partial charge in [-0.1, -0.05) is 19.8 Å². The second-order valence-electron chi connectivity index (χ2n) is 6.74. The Morgan fingerprint density at radius 1 is 1.06 bits per heavy atom. The van der Waals surface area contributed by atoms with Crippen molar-refractivity contribution in [1.29, 1.82) is 0 Å². The number of rotatable bonds is 5. The summed E-state index contributed by atoms with van der Waals surface area (Å²) in [4.78, 5) is 0. The van der Waals surface area contributed by atoms with E-state index < -0.39 is 0 Å². The molecule has 18 heavy (non-hydrogen) atoms. The Bertz CT molecular complexity index is 264. The number of nitrogens with one attached hydrogen (secondary N) is 1. The first-order valence-corrected chi connectivity index (χ1v) is 8.21. The third kappa shape index (κ3) is 3.08. The van der Waals surface area contributed by atoms with Gasteiger partial charge >= 0.3 is 0 Å². The van der Waals surface area contributed by atoms with Crippen LogP contribution in [0.25, 0.3) is 0 Å². The zero-order valence-electron chi connectivity index (χ0n) is 11.9. The van der Waals surface area contributed by atoms with E-state index in [0.29, 0.717) is 6.10 Å². The van der Waals surface area contributed by atoms with E-state index in [1.807, 2.05) is 0 Å². The van der Waals surface area contributed by atoms with Crippen molar-refractivity contribution in [2.75, 3.05) is 13.2 Å². The number of ether oxygens (including phenoxy) is 1. The summed E-state index contributed by atoms with van der Waals surface area (Å²) in [5.41, 5.74) is 0. The Labute approximate surface area is 112 Å². The molecule has 104 valence electrons. The van der Waals surface area contributed by atoms with Gasteiger partial charge in [0.05, 0.1) is 6.10 Å². The summed E-state index contributed by atoms with van der Waals surface area (Å²) in [5.74, 6) is 2.93. The highest BCUT2D eigenvalue weighted by molar-refractivity contribution is 4.88. The first-order valence-electron chi connectivity index (χ1n) is 8.21. The average molecular weight is 251 g/mol. The highest BCUT2D eigenvalue weighted by Crippen LogP contribution is 2.43. The Hall–Kier alpha value is -0.0800. The second-order valence-corrected chi connectivity index (χ2v) is 6.74. The Kier molecular flexibility index (Phi) is 4.25. The average Bonchev–Trinajstić information content (AvgIpc) is 3.16. The van der Waals surface area contributed by atoms with Crippen molar-refractivity contribution in [2.24, 2.45) is 17.8 Å². The highest BCUT2D eigenvalue weighted by atomic mass is 16.5. The summed E-state index contributed by atoms with van der Waals surface area (Å²) in [6.45, 7) is 4.44. The molecule has 0 aromatic rings.